The topological polar surface area (TPSA) is 67.1 Å². The number of nitrogens with one attached hydrogen (secondary N) is 2. The van der Waals surface area contributed by atoms with Crippen LogP contribution in [0.4, 0.5) is 0 Å². The van der Waals surface area contributed by atoms with Crippen LogP contribution in [0.5, 0.6) is 0 Å². The second-order valence-corrected chi connectivity index (χ2v) is 5.11. The molecule has 1 aliphatic heterocycles. The van der Waals surface area contributed by atoms with E-state index < -0.39 is 0 Å². The van der Waals surface area contributed by atoms with Gasteiger partial charge in [-0.1, -0.05) is 13.8 Å². The maximum absolute atomic E-state index is 11.9. The van der Waals surface area contributed by atoms with Gasteiger partial charge >= 0.3 is 0 Å². The molecule has 1 aliphatic rings. The number of amides is 1. The Balaban J connectivity index is 2.35. The smallest absolute Gasteiger partial charge is 0.224 e. The number of hydrogen-bond acceptors (Lipinski definition) is 3. The first-order valence-electron chi connectivity index (χ1n) is 6.34. The van der Waals surface area contributed by atoms with Crippen molar-refractivity contribution < 1.29 is 4.79 Å². The number of piperidine rings is 1. The summed E-state index contributed by atoms with van der Waals surface area (Å²) >= 11 is 0. The zero-order valence-corrected chi connectivity index (χ0v) is 10.5. The molecule has 2 unspecified atom stereocenters. The minimum absolute atomic E-state index is 0.134. The molecule has 2 atom stereocenters. The van der Waals surface area contributed by atoms with Gasteiger partial charge in [0.2, 0.25) is 5.91 Å². The lowest BCUT2D eigenvalue weighted by molar-refractivity contribution is -0.126. The van der Waals surface area contributed by atoms with Crippen molar-refractivity contribution in [3.63, 3.8) is 0 Å². The molecule has 0 saturated carbocycles. The summed E-state index contributed by atoms with van der Waals surface area (Å²) in [5, 5.41) is 6.32. The van der Waals surface area contributed by atoms with Crippen LogP contribution in [0.2, 0.25) is 0 Å². The molecule has 0 aliphatic carbocycles. The minimum Gasteiger partial charge on any atom is -0.352 e. The van der Waals surface area contributed by atoms with Crippen LogP contribution in [0.1, 0.15) is 33.1 Å². The number of carbonyl (C=O) groups is 1. The fourth-order valence-electron chi connectivity index (χ4n) is 2.18. The highest BCUT2D eigenvalue weighted by atomic mass is 16.2. The molecule has 4 N–H and O–H groups in total. The van der Waals surface area contributed by atoms with Gasteiger partial charge in [-0.25, -0.2) is 0 Å². The van der Waals surface area contributed by atoms with Crippen LogP contribution in [-0.4, -0.2) is 31.6 Å². The van der Waals surface area contributed by atoms with Crippen LogP contribution in [0.15, 0.2) is 0 Å². The average Bonchev–Trinajstić information content (AvgIpc) is 2.28. The number of rotatable bonds is 5. The zero-order valence-electron chi connectivity index (χ0n) is 10.5. The van der Waals surface area contributed by atoms with Crippen molar-refractivity contribution in [3.05, 3.63) is 0 Å². The lowest BCUT2D eigenvalue weighted by atomic mass is 9.97. The van der Waals surface area contributed by atoms with Gasteiger partial charge in [0.25, 0.3) is 0 Å². The summed E-state index contributed by atoms with van der Waals surface area (Å²) in [4.78, 5) is 11.9. The van der Waals surface area contributed by atoms with Gasteiger partial charge in [-0.2, -0.15) is 0 Å². The predicted octanol–water partition coefficient (Wildman–Crippen LogP) is 0.476. The van der Waals surface area contributed by atoms with E-state index >= 15 is 0 Å². The fourth-order valence-corrected chi connectivity index (χ4v) is 2.18. The SMILES string of the molecule is CC(C)CC(CN)NC(=O)C1CCCNC1. The summed E-state index contributed by atoms with van der Waals surface area (Å²) in [6.07, 6.45) is 3.05. The Morgan fingerprint density at radius 3 is 2.81 bits per heavy atom. The molecule has 0 spiro atoms. The highest BCUT2D eigenvalue weighted by molar-refractivity contribution is 5.79. The molecule has 0 aromatic carbocycles. The van der Waals surface area contributed by atoms with Gasteiger partial charge in [-0.15, -0.1) is 0 Å². The van der Waals surface area contributed by atoms with Gasteiger partial charge in [0.1, 0.15) is 0 Å². The quantitative estimate of drug-likeness (QED) is 0.640. The molecule has 1 amide bonds. The van der Waals surface area contributed by atoms with Gasteiger partial charge in [0.15, 0.2) is 0 Å². The molecule has 0 aromatic rings. The van der Waals surface area contributed by atoms with Crippen LogP contribution in [0, 0.1) is 11.8 Å². The molecule has 1 rings (SSSR count). The Hall–Kier alpha value is -0.610. The first-order valence-corrected chi connectivity index (χ1v) is 6.34. The van der Waals surface area contributed by atoms with E-state index in [0.29, 0.717) is 12.5 Å². The van der Waals surface area contributed by atoms with Crippen LogP contribution >= 0.6 is 0 Å². The second kappa shape index (κ2) is 6.86. The lowest BCUT2D eigenvalue weighted by Gasteiger charge is -2.25. The van der Waals surface area contributed by atoms with Crippen LogP contribution in [-0.2, 0) is 4.79 Å². The van der Waals surface area contributed by atoms with Crippen molar-refractivity contribution in [2.75, 3.05) is 19.6 Å². The van der Waals surface area contributed by atoms with Crippen LogP contribution < -0.4 is 16.4 Å². The zero-order chi connectivity index (χ0) is 12.0. The molecule has 0 radical (unpaired) electrons. The van der Waals surface area contributed by atoms with Gasteiger partial charge in [0.05, 0.1) is 5.92 Å². The lowest BCUT2D eigenvalue weighted by Crippen LogP contribution is -2.47. The Bertz CT molecular complexity index is 212. The van der Waals surface area contributed by atoms with Gasteiger partial charge in [-0.05, 0) is 31.7 Å². The molecule has 94 valence electrons. The van der Waals surface area contributed by atoms with E-state index in [2.05, 4.69) is 24.5 Å². The van der Waals surface area contributed by atoms with E-state index in [-0.39, 0.29) is 17.9 Å². The van der Waals surface area contributed by atoms with Crippen LogP contribution in [0.3, 0.4) is 0 Å². The van der Waals surface area contributed by atoms with Crippen molar-refractivity contribution >= 4 is 5.91 Å². The third kappa shape index (κ3) is 4.49. The summed E-state index contributed by atoms with van der Waals surface area (Å²) in [7, 11) is 0. The highest BCUT2D eigenvalue weighted by Gasteiger charge is 2.22. The number of hydrogen-bond donors (Lipinski definition) is 3. The normalized spacial score (nSPS) is 23.1. The average molecular weight is 227 g/mol. The molecule has 1 fully saturated rings. The maximum Gasteiger partial charge on any atom is 0.224 e. The standard InChI is InChI=1S/C12H25N3O/c1-9(2)6-11(7-13)15-12(16)10-4-3-5-14-8-10/h9-11,14H,3-8,13H2,1-2H3,(H,15,16). The van der Waals surface area contributed by atoms with E-state index in [4.69, 9.17) is 5.73 Å². The third-order valence-electron chi connectivity index (χ3n) is 3.05. The van der Waals surface area contributed by atoms with Crippen molar-refractivity contribution in [2.24, 2.45) is 17.6 Å². The molecule has 1 saturated heterocycles. The Morgan fingerprint density at radius 1 is 1.56 bits per heavy atom. The summed E-state index contributed by atoms with van der Waals surface area (Å²) in [6.45, 7) is 6.68. The van der Waals surface area contributed by atoms with E-state index in [1.807, 2.05) is 0 Å². The molecule has 1 heterocycles. The number of carbonyl (C=O) groups excluding carboxylic acids is 1. The molecule has 16 heavy (non-hydrogen) atoms. The monoisotopic (exact) mass is 227 g/mol. The Kier molecular flexibility index (Phi) is 5.77. The van der Waals surface area contributed by atoms with Crippen molar-refractivity contribution in [2.45, 2.75) is 39.2 Å². The molecular weight excluding hydrogens is 202 g/mol. The molecule has 4 nitrogen and oxygen atoms in total. The van der Waals surface area contributed by atoms with E-state index in [0.717, 1.165) is 32.4 Å². The second-order valence-electron chi connectivity index (χ2n) is 5.11. The Labute approximate surface area is 98.3 Å². The molecule has 0 aromatic heterocycles. The first-order chi connectivity index (χ1) is 7.63. The predicted molar refractivity (Wildman–Crippen MR) is 66.0 cm³/mol. The highest BCUT2D eigenvalue weighted by Crippen LogP contribution is 2.11. The Morgan fingerprint density at radius 2 is 2.31 bits per heavy atom. The van der Waals surface area contributed by atoms with Crippen molar-refractivity contribution in [1.29, 1.82) is 0 Å². The van der Waals surface area contributed by atoms with E-state index in [1.54, 1.807) is 0 Å². The van der Waals surface area contributed by atoms with Gasteiger partial charge in [-0.3, -0.25) is 4.79 Å². The van der Waals surface area contributed by atoms with Gasteiger partial charge < -0.3 is 16.4 Å². The number of nitrogens with two attached hydrogens (primary N) is 1. The summed E-state index contributed by atoms with van der Waals surface area (Å²) in [5.74, 6) is 0.872. The molecular formula is C12H25N3O. The summed E-state index contributed by atoms with van der Waals surface area (Å²) < 4.78 is 0. The van der Waals surface area contributed by atoms with E-state index in [1.165, 1.54) is 0 Å². The molecule has 4 heteroatoms. The molecule has 0 bridgehead atoms. The van der Waals surface area contributed by atoms with E-state index in [9.17, 15) is 4.79 Å². The first kappa shape index (κ1) is 13.5. The third-order valence-corrected chi connectivity index (χ3v) is 3.05. The van der Waals surface area contributed by atoms with Crippen molar-refractivity contribution in [1.82, 2.24) is 10.6 Å². The van der Waals surface area contributed by atoms with Gasteiger partial charge in [0, 0.05) is 19.1 Å². The largest absolute Gasteiger partial charge is 0.352 e. The minimum atomic E-state index is 0.134. The van der Waals surface area contributed by atoms with Crippen molar-refractivity contribution in [3.8, 4) is 0 Å². The fraction of sp³-hybridized carbons (Fsp3) is 0.917. The maximum atomic E-state index is 11.9. The summed E-state index contributed by atoms with van der Waals surface area (Å²) in [5.41, 5.74) is 5.67. The summed E-state index contributed by atoms with van der Waals surface area (Å²) in [6, 6.07) is 0.134. The van der Waals surface area contributed by atoms with Crippen LogP contribution in [0.25, 0.3) is 0 Å².